The number of aromatic nitrogens is 7. The second-order valence-corrected chi connectivity index (χ2v) is 8.08. The largest absolute Gasteiger partial charge is 0.315 e. The average Bonchev–Trinajstić information content (AvgIpc) is 3.49. The van der Waals surface area contributed by atoms with E-state index in [2.05, 4.69) is 62.6 Å². The van der Waals surface area contributed by atoms with E-state index >= 15 is 0 Å². The lowest BCUT2D eigenvalue weighted by atomic mass is 9.95. The number of benzene rings is 3. The summed E-state index contributed by atoms with van der Waals surface area (Å²) >= 11 is 0. The average molecular weight is 444 g/mol. The lowest BCUT2D eigenvalue weighted by molar-refractivity contribution is 0.873. The summed E-state index contributed by atoms with van der Waals surface area (Å²) in [5, 5.41) is 8.73. The number of para-hydroxylation sites is 1. The van der Waals surface area contributed by atoms with E-state index in [-0.39, 0.29) is 0 Å². The number of imidazole rings is 1. The van der Waals surface area contributed by atoms with Crippen LogP contribution < -0.4 is 0 Å². The molecule has 3 aromatic carbocycles. The van der Waals surface area contributed by atoms with Gasteiger partial charge in [0.2, 0.25) is 0 Å². The van der Waals surface area contributed by atoms with Crippen molar-refractivity contribution in [2.24, 2.45) is 7.05 Å². The Morgan fingerprint density at radius 3 is 2.03 bits per heavy atom. The van der Waals surface area contributed by atoms with Crippen LogP contribution >= 0.6 is 0 Å². The van der Waals surface area contributed by atoms with Crippen molar-refractivity contribution in [3.63, 3.8) is 0 Å². The maximum absolute atomic E-state index is 4.84. The molecular formula is C27H21N7. The van der Waals surface area contributed by atoms with Gasteiger partial charge in [0.1, 0.15) is 17.8 Å². The summed E-state index contributed by atoms with van der Waals surface area (Å²) in [6.07, 6.45) is 3.45. The minimum Gasteiger partial charge on any atom is -0.315 e. The van der Waals surface area contributed by atoms with Crippen LogP contribution in [0, 0.1) is 6.92 Å². The predicted octanol–water partition coefficient (Wildman–Crippen LogP) is 5.25. The third-order valence-corrected chi connectivity index (χ3v) is 6.03. The summed E-state index contributed by atoms with van der Waals surface area (Å²) in [6, 6.07) is 27.0. The molecule has 0 atom stereocenters. The molecule has 0 radical (unpaired) electrons. The third kappa shape index (κ3) is 3.26. The van der Waals surface area contributed by atoms with Gasteiger partial charge in [-0.2, -0.15) is 0 Å². The van der Waals surface area contributed by atoms with E-state index in [0.717, 1.165) is 33.8 Å². The van der Waals surface area contributed by atoms with Gasteiger partial charge < -0.3 is 4.57 Å². The van der Waals surface area contributed by atoms with E-state index in [1.807, 2.05) is 59.5 Å². The van der Waals surface area contributed by atoms with Gasteiger partial charge in [-0.3, -0.25) is 4.57 Å². The van der Waals surface area contributed by atoms with Crippen LogP contribution in [0.25, 0.3) is 50.8 Å². The molecule has 0 fully saturated rings. The molecule has 0 unspecified atom stereocenters. The molecule has 34 heavy (non-hydrogen) atoms. The predicted molar refractivity (Wildman–Crippen MR) is 132 cm³/mol. The highest BCUT2D eigenvalue weighted by Gasteiger charge is 2.20. The van der Waals surface area contributed by atoms with Crippen LogP contribution in [0.5, 0.6) is 0 Å². The second-order valence-electron chi connectivity index (χ2n) is 8.08. The minimum absolute atomic E-state index is 0.615. The summed E-state index contributed by atoms with van der Waals surface area (Å²) in [5.74, 6) is 1.48. The number of aryl methyl sites for hydroxylation is 2. The Kier molecular flexibility index (Phi) is 4.73. The monoisotopic (exact) mass is 443 g/mol. The quantitative estimate of drug-likeness (QED) is 0.372. The fourth-order valence-corrected chi connectivity index (χ4v) is 4.24. The summed E-state index contributed by atoms with van der Waals surface area (Å²) < 4.78 is 3.93. The molecule has 6 aromatic rings. The van der Waals surface area contributed by atoms with Crippen LogP contribution in [-0.4, -0.2) is 34.3 Å². The normalized spacial score (nSPS) is 11.2. The number of hydrogen-bond acceptors (Lipinski definition) is 5. The van der Waals surface area contributed by atoms with Gasteiger partial charge in [0.15, 0.2) is 17.1 Å². The molecule has 6 rings (SSSR count). The van der Waals surface area contributed by atoms with E-state index < -0.39 is 0 Å². The molecule has 0 bridgehead atoms. The molecule has 0 aliphatic carbocycles. The van der Waals surface area contributed by atoms with Crippen molar-refractivity contribution in [1.82, 2.24) is 34.3 Å². The Morgan fingerprint density at radius 1 is 0.735 bits per heavy atom. The van der Waals surface area contributed by atoms with Crippen molar-refractivity contribution in [1.29, 1.82) is 0 Å². The molecule has 3 heterocycles. The molecule has 0 spiro atoms. The highest BCUT2D eigenvalue weighted by molar-refractivity contribution is 5.86. The first kappa shape index (κ1) is 20.0. The number of nitrogens with zero attached hydrogens (tertiary/aromatic N) is 7. The molecule has 0 N–H and O–H groups in total. The molecule has 3 aromatic heterocycles. The number of fused-ring (bicyclic) bond motifs is 1. The van der Waals surface area contributed by atoms with Crippen LogP contribution in [0.1, 0.15) is 5.82 Å². The Labute approximate surface area is 196 Å². The van der Waals surface area contributed by atoms with Gasteiger partial charge >= 0.3 is 0 Å². The van der Waals surface area contributed by atoms with Gasteiger partial charge in [0.05, 0.1) is 11.9 Å². The minimum atomic E-state index is 0.615. The molecule has 0 aliphatic heterocycles. The van der Waals surface area contributed by atoms with Crippen molar-refractivity contribution in [3.8, 4) is 39.5 Å². The zero-order chi connectivity index (χ0) is 23.1. The zero-order valence-electron chi connectivity index (χ0n) is 18.8. The Balaban J connectivity index is 1.62. The zero-order valence-corrected chi connectivity index (χ0v) is 18.8. The third-order valence-electron chi connectivity index (χ3n) is 6.03. The molecular weight excluding hydrogens is 422 g/mol. The first-order valence-electron chi connectivity index (χ1n) is 11.0. The van der Waals surface area contributed by atoms with Crippen LogP contribution in [0.3, 0.4) is 0 Å². The van der Waals surface area contributed by atoms with Crippen LogP contribution in [0.4, 0.5) is 0 Å². The topological polar surface area (TPSA) is 74.3 Å². The molecule has 0 saturated heterocycles. The van der Waals surface area contributed by atoms with E-state index in [4.69, 9.17) is 4.98 Å². The summed E-state index contributed by atoms with van der Waals surface area (Å²) in [7, 11) is 1.94. The van der Waals surface area contributed by atoms with E-state index in [0.29, 0.717) is 22.8 Å². The SMILES string of the molecule is Cc1nc2ncc(-c3nncn3-c3c(-c4ccccc4)cccc3-c3ccccc3)nc2n1C. The van der Waals surface area contributed by atoms with Crippen molar-refractivity contribution in [2.45, 2.75) is 6.92 Å². The Morgan fingerprint density at radius 2 is 1.38 bits per heavy atom. The Hall–Kier alpha value is -4.65. The van der Waals surface area contributed by atoms with E-state index in [1.165, 1.54) is 0 Å². The van der Waals surface area contributed by atoms with Gasteiger partial charge in [-0.15, -0.1) is 10.2 Å². The van der Waals surface area contributed by atoms with Crippen molar-refractivity contribution < 1.29 is 0 Å². The highest BCUT2D eigenvalue weighted by Crippen LogP contribution is 2.37. The maximum Gasteiger partial charge on any atom is 0.197 e. The lowest BCUT2D eigenvalue weighted by Crippen LogP contribution is -2.04. The Bertz CT molecular complexity index is 1560. The smallest absolute Gasteiger partial charge is 0.197 e. The fraction of sp³-hybridized carbons (Fsp3) is 0.0741. The highest BCUT2D eigenvalue weighted by atomic mass is 15.3. The fourth-order valence-electron chi connectivity index (χ4n) is 4.24. The van der Waals surface area contributed by atoms with Crippen LogP contribution in [-0.2, 0) is 7.05 Å². The summed E-state index contributed by atoms with van der Waals surface area (Å²) in [4.78, 5) is 13.9. The molecule has 7 heteroatoms. The van der Waals surface area contributed by atoms with E-state index in [1.54, 1.807) is 12.5 Å². The standard InChI is InChI=1S/C27H21N7/c1-18-30-25-27(33(18)2)31-23(16-28-25)26-32-29-17-34(26)24-21(19-10-5-3-6-11-19)14-9-15-22(24)20-12-7-4-8-13-20/h3-17H,1-2H3. The van der Waals surface area contributed by atoms with E-state index in [9.17, 15) is 0 Å². The first-order valence-corrected chi connectivity index (χ1v) is 11.0. The van der Waals surface area contributed by atoms with Gasteiger partial charge in [-0.25, -0.2) is 15.0 Å². The molecule has 164 valence electrons. The van der Waals surface area contributed by atoms with Crippen molar-refractivity contribution in [3.05, 3.63) is 97.2 Å². The van der Waals surface area contributed by atoms with Gasteiger partial charge in [-0.1, -0.05) is 78.9 Å². The van der Waals surface area contributed by atoms with Crippen LogP contribution in [0.15, 0.2) is 91.4 Å². The van der Waals surface area contributed by atoms with Crippen molar-refractivity contribution in [2.75, 3.05) is 0 Å². The van der Waals surface area contributed by atoms with Crippen LogP contribution in [0.2, 0.25) is 0 Å². The second kappa shape index (κ2) is 8.04. The first-order chi connectivity index (χ1) is 16.7. The maximum atomic E-state index is 4.84. The number of rotatable bonds is 4. The van der Waals surface area contributed by atoms with Gasteiger partial charge in [0.25, 0.3) is 0 Å². The van der Waals surface area contributed by atoms with Gasteiger partial charge in [0, 0.05) is 18.2 Å². The molecule has 0 amide bonds. The summed E-state index contributed by atoms with van der Waals surface area (Å²) in [6.45, 7) is 1.94. The molecule has 7 nitrogen and oxygen atoms in total. The van der Waals surface area contributed by atoms with Gasteiger partial charge in [-0.05, 0) is 18.1 Å². The lowest BCUT2D eigenvalue weighted by Gasteiger charge is -2.17. The number of hydrogen-bond donors (Lipinski definition) is 0. The molecule has 0 saturated carbocycles. The molecule has 0 aliphatic rings. The summed E-state index contributed by atoms with van der Waals surface area (Å²) in [5.41, 5.74) is 7.32. The van der Waals surface area contributed by atoms with Crippen molar-refractivity contribution >= 4 is 11.3 Å².